The maximum atomic E-state index is 11.6. The van der Waals surface area contributed by atoms with Gasteiger partial charge in [0.15, 0.2) is 11.5 Å². The lowest BCUT2D eigenvalue weighted by atomic mass is 10.2. The molecule has 0 aliphatic rings. The molecule has 0 spiro atoms. The van der Waals surface area contributed by atoms with Crippen molar-refractivity contribution in [1.82, 2.24) is 4.98 Å². The maximum Gasteiger partial charge on any atom is 0.311 e. The Balaban J connectivity index is 1.69. The number of nitrogens with one attached hydrogen (secondary N) is 1. The van der Waals surface area contributed by atoms with Gasteiger partial charge in [0.25, 0.3) is 0 Å². The lowest BCUT2D eigenvalue weighted by molar-refractivity contribution is -0.142. The van der Waals surface area contributed by atoms with Crippen molar-refractivity contribution < 1.29 is 23.7 Å². The number of nitrogens with zero attached hydrogens (tertiary/aromatic N) is 2. The highest BCUT2D eigenvalue weighted by atomic mass is 32.1. The molecule has 2 aromatic carbocycles. The summed E-state index contributed by atoms with van der Waals surface area (Å²) < 4.78 is 21.8. The van der Waals surface area contributed by atoms with Crippen LogP contribution in [0, 0.1) is 0 Å². The molecule has 1 aromatic heterocycles. The summed E-state index contributed by atoms with van der Waals surface area (Å²) in [6.45, 7) is 2.51. The van der Waals surface area contributed by atoms with E-state index in [2.05, 4.69) is 15.5 Å². The van der Waals surface area contributed by atoms with Crippen LogP contribution >= 0.6 is 11.3 Å². The van der Waals surface area contributed by atoms with E-state index in [1.165, 1.54) is 11.3 Å². The molecule has 3 aromatic rings. The largest absolute Gasteiger partial charge is 0.493 e. The van der Waals surface area contributed by atoms with Crippen LogP contribution in [0.3, 0.4) is 0 Å². The molecule has 1 heterocycles. The molecule has 0 unspecified atom stereocenters. The molecule has 3 rings (SSSR count). The zero-order valence-corrected chi connectivity index (χ0v) is 19.0. The van der Waals surface area contributed by atoms with Crippen molar-refractivity contribution in [2.75, 3.05) is 26.3 Å². The van der Waals surface area contributed by atoms with E-state index in [9.17, 15) is 4.79 Å². The van der Waals surface area contributed by atoms with Crippen molar-refractivity contribution in [3.05, 3.63) is 64.7 Å². The first-order chi connectivity index (χ1) is 15.6. The summed E-state index contributed by atoms with van der Waals surface area (Å²) in [5.41, 5.74) is 5.30. The fourth-order valence-corrected chi connectivity index (χ4v) is 3.49. The second-order valence-corrected chi connectivity index (χ2v) is 7.38. The third-order valence-electron chi connectivity index (χ3n) is 4.26. The standard InChI is InChI=1S/C23H25N3O5S/c1-4-30-21(27)12-18-15-32-23(25-18)26-24-13-17-10-19(28-2)22(29-3)20(11-17)31-14-16-8-6-5-7-9-16/h5-11,13,15H,4,12,14H2,1-3H3,(H,25,26). The summed E-state index contributed by atoms with van der Waals surface area (Å²) in [5.74, 6) is 1.28. The lowest BCUT2D eigenvalue weighted by Gasteiger charge is -2.15. The quantitative estimate of drug-likeness (QED) is 0.262. The highest BCUT2D eigenvalue weighted by Gasteiger charge is 2.14. The molecule has 0 atom stereocenters. The number of carbonyl (C=O) groups is 1. The van der Waals surface area contributed by atoms with Crippen molar-refractivity contribution in [2.45, 2.75) is 20.0 Å². The number of anilines is 1. The van der Waals surface area contributed by atoms with Crippen LogP contribution in [0.15, 0.2) is 52.9 Å². The number of hydrogen-bond donors (Lipinski definition) is 1. The third kappa shape index (κ3) is 6.45. The van der Waals surface area contributed by atoms with Gasteiger partial charge >= 0.3 is 5.97 Å². The lowest BCUT2D eigenvalue weighted by Crippen LogP contribution is -2.07. The Bertz CT molecular complexity index is 1050. The van der Waals surface area contributed by atoms with Gasteiger partial charge in [0.2, 0.25) is 10.9 Å². The maximum absolute atomic E-state index is 11.6. The number of hydrazone groups is 1. The minimum atomic E-state index is -0.304. The van der Waals surface area contributed by atoms with Crippen LogP contribution < -0.4 is 19.6 Å². The average Bonchev–Trinajstić information content (AvgIpc) is 3.25. The number of rotatable bonds is 11. The van der Waals surface area contributed by atoms with E-state index in [0.717, 1.165) is 11.1 Å². The normalized spacial score (nSPS) is 10.7. The highest BCUT2D eigenvalue weighted by molar-refractivity contribution is 7.13. The Morgan fingerprint density at radius 2 is 1.94 bits per heavy atom. The second-order valence-electron chi connectivity index (χ2n) is 6.52. The topological polar surface area (TPSA) is 91.3 Å². The van der Waals surface area contributed by atoms with Gasteiger partial charge in [-0.1, -0.05) is 30.3 Å². The smallest absolute Gasteiger partial charge is 0.311 e. The van der Waals surface area contributed by atoms with Gasteiger partial charge in [-0.25, -0.2) is 4.98 Å². The third-order valence-corrected chi connectivity index (χ3v) is 5.06. The number of carbonyl (C=O) groups excluding carboxylic acids is 1. The van der Waals surface area contributed by atoms with Gasteiger partial charge in [0.1, 0.15) is 6.61 Å². The Kier molecular flexibility index (Phi) is 8.44. The monoisotopic (exact) mass is 455 g/mol. The van der Waals surface area contributed by atoms with Gasteiger partial charge in [-0.2, -0.15) is 5.10 Å². The Morgan fingerprint density at radius 1 is 1.16 bits per heavy atom. The van der Waals surface area contributed by atoms with Crippen molar-refractivity contribution in [3.8, 4) is 17.2 Å². The molecule has 0 aliphatic carbocycles. The second kappa shape index (κ2) is 11.7. The first-order valence-electron chi connectivity index (χ1n) is 9.94. The molecule has 168 valence electrons. The van der Waals surface area contributed by atoms with Gasteiger partial charge in [0, 0.05) is 10.9 Å². The zero-order valence-electron chi connectivity index (χ0n) is 18.2. The molecule has 0 amide bonds. The minimum absolute atomic E-state index is 0.132. The average molecular weight is 456 g/mol. The van der Waals surface area contributed by atoms with Gasteiger partial charge in [-0.15, -0.1) is 11.3 Å². The van der Waals surface area contributed by atoms with E-state index in [1.54, 1.807) is 38.8 Å². The number of ether oxygens (including phenoxy) is 4. The van der Waals surface area contributed by atoms with E-state index in [4.69, 9.17) is 18.9 Å². The van der Waals surface area contributed by atoms with Gasteiger partial charge < -0.3 is 18.9 Å². The number of hydrogen-bond acceptors (Lipinski definition) is 9. The van der Waals surface area contributed by atoms with Crippen molar-refractivity contribution in [3.63, 3.8) is 0 Å². The molecule has 0 saturated heterocycles. The van der Waals surface area contributed by atoms with E-state index in [-0.39, 0.29) is 12.4 Å². The molecule has 8 nitrogen and oxygen atoms in total. The van der Waals surface area contributed by atoms with Crippen molar-refractivity contribution >= 4 is 28.7 Å². The molecule has 9 heteroatoms. The van der Waals surface area contributed by atoms with Gasteiger partial charge in [-0.05, 0) is 24.6 Å². The number of benzene rings is 2. The van der Waals surface area contributed by atoms with E-state index in [0.29, 0.717) is 41.3 Å². The summed E-state index contributed by atoms with van der Waals surface area (Å²) in [7, 11) is 3.14. The van der Waals surface area contributed by atoms with Crippen LogP contribution in [0.5, 0.6) is 17.2 Å². The molecular weight excluding hydrogens is 430 g/mol. The fourth-order valence-electron chi connectivity index (χ4n) is 2.83. The first-order valence-corrected chi connectivity index (χ1v) is 10.8. The summed E-state index contributed by atoms with van der Waals surface area (Å²) >= 11 is 1.35. The summed E-state index contributed by atoms with van der Waals surface area (Å²) in [5, 5.41) is 6.60. The van der Waals surface area contributed by atoms with E-state index >= 15 is 0 Å². The molecule has 0 bridgehead atoms. The highest BCUT2D eigenvalue weighted by Crippen LogP contribution is 2.38. The molecular formula is C23H25N3O5S. The molecule has 0 fully saturated rings. The van der Waals surface area contributed by atoms with Crippen LogP contribution in [-0.2, 0) is 22.6 Å². The zero-order chi connectivity index (χ0) is 22.8. The Morgan fingerprint density at radius 3 is 2.66 bits per heavy atom. The summed E-state index contributed by atoms with van der Waals surface area (Å²) in [4.78, 5) is 15.9. The fraction of sp³-hybridized carbons (Fsp3) is 0.261. The molecule has 1 N–H and O–H groups in total. The molecule has 32 heavy (non-hydrogen) atoms. The van der Waals surface area contributed by atoms with Crippen LogP contribution in [0.2, 0.25) is 0 Å². The van der Waals surface area contributed by atoms with Crippen LogP contribution in [0.25, 0.3) is 0 Å². The van der Waals surface area contributed by atoms with Crippen LogP contribution in [0.4, 0.5) is 5.13 Å². The first kappa shape index (κ1) is 23.1. The Labute approximate surface area is 190 Å². The van der Waals surface area contributed by atoms with Gasteiger partial charge in [-0.3, -0.25) is 10.2 Å². The summed E-state index contributed by atoms with van der Waals surface area (Å²) in [6, 6.07) is 13.5. The van der Waals surface area contributed by atoms with Crippen LogP contribution in [-0.4, -0.2) is 38.0 Å². The predicted molar refractivity (Wildman–Crippen MR) is 124 cm³/mol. The molecule has 0 aliphatic heterocycles. The number of methoxy groups -OCH3 is 2. The summed E-state index contributed by atoms with van der Waals surface area (Å²) in [6.07, 6.45) is 1.76. The molecule has 0 radical (unpaired) electrons. The van der Waals surface area contributed by atoms with Crippen molar-refractivity contribution in [2.24, 2.45) is 5.10 Å². The van der Waals surface area contributed by atoms with Crippen LogP contribution in [0.1, 0.15) is 23.7 Å². The van der Waals surface area contributed by atoms with E-state index < -0.39 is 0 Å². The van der Waals surface area contributed by atoms with Gasteiger partial charge in [0.05, 0.1) is 39.2 Å². The van der Waals surface area contributed by atoms with Crippen molar-refractivity contribution in [1.29, 1.82) is 0 Å². The number of thiazole rings is 1. The predicted octanol–water partition coefficient (Wildman–Crippen LogP) is 4.29. The number of aromatic nitrogens is 1. The SMILES string of the molecule is CCOC(=O)Cc1csc(NN=Cc2cc(OC)c(OC)c(OCc3ccccc3)c2)n1. The number of esters is 1. The minimum Gasteiger partial charge on any atom is -0.493 e. The van der Waals surface area contributed by atoms with E-state index in [1.807, 2.05) is 36.4 Å². The Hall–Kier alpha value is -3.59. The molecule has 0 saturated carbocycles.